The number of likely N-dealkylation sites (N-methyl/N-ethyl adjacent to an activating group) is 1. The van der Waals surface area contributed by atoms with Crippen molar-refractivity contribution in [3.05, 3.63) is 70.9 Å². The topological polar surface area (TPSA) is 119 Å². The summed E-state index contributed by atoms with van der Waals surface area (Å²) in [5, 5.41) is 26.0. The molecule has 6 aliphatic rings. The van der Waals surface area contributed by atoms with Crippen LogP contribution in [0, 0.1) is 17.3 Å². The summed E-state index contributed by atoms with van der Waals surface area (Å²) in [4.78, 5) is 39.0. The van der Waals surface area contributed by atoms with Crippen molar-refractivity contribution in [2.45, 2.75) is 93.5 Å². The standard InChI is InChI=1S/C43H52F2N4O6/c1-7-40-13-10-15-49-16-14-41(35(40)49)29-18-30(33(54-5)19-32(29)47(4)36(41)43(53,24(2)50)37(40)51)42(38(52)55-6)20-25-17-26(39(3,44)45)22-48(21-25)23-28-27-11-8-9-12-31(27)46-34(28)42/h8-13,18-19,25-26,35-37,46,51,53H,7,14-17,20-23H2,1-6H3/t25-,26+,35-,36+,37+,40+,41+,42-,43-/m0/s1. The number of hydrogen-bond acceptors (Lipinski definition) is 9. The number of hydrogen-bond donors (Lipinski definition) is 3. The average Bonchev–Trinajstić information content (AvgIpc) is 3.81. The number of aliphatic hydroxyl groups is 2. The molecule has 3 fully saturated rings. The molecule has 12 heteroatoms. The number of fused-ring (bicyclic) bond motifs is 6. The molecule has 294 valence electrons. The van der Waals surface area contributed by atoms with E-state index in [0.717, 1.165) is 34.6 Å². The maximum absolute atomic E-state index is 15.3. The second kappa shape index (κ2) is 12.1. The van der Waals surface area contributed by atoms with Crippen molar-refractivity contribution in [2.24, 2.45) is 17.3 Å². The number of alkyl halides is 2. The van der Waals surface area contributed by atoms with Gasteiger partial charge in [0.1, 0.15) is 17.3 Å². The van der Waals surface area contributed by atoms with E-state index in [2.05, 4.69) is 14.8 Å². The van der Waals surface area contributed by atoms with Gasteiger partial charge in [-0.05, 0) is 75.3 Å². The summed E-state index contributed by atoms with van der Waals surface area (Å²) in [6, 6.07) is 10.7. The molecule has 9 rings (SSSR count). The molecule has 55 heavy (non-hydrogen) atoms. The van der Waals surface area contributed by atoms with E-state index in [4.69, 9.17) is 9.47 Å². The van der Waals surface area contributed by atoms with E-state index >= 15 is 13.6 Å². The fraction of sp³-hybridized carbons (Fsp3) is 0.581. The molecular weight excluding hydrogens is 706 g/mol. The Morgan fingerprint density at radius 3 is 2.56 bits per heavy atom. The zero-order chi connectivity index (χ0) is 39.0. The molecule has 1 aromatic heterocycles. The van der Waals surface area contributed by atoms with Crippen molar-refractivity contribution in [3.8, 4) is 5.75 Å². The molecule has 10 nitrogen and oxygen atoms in total. The molecule has 1 saturated carbocycles. The number of aliphatic hydroxyl groups excluding tert-OH is 1. The number of aromatic nitrogens is 1. The Kier molecular flexibility index (Phi) is 8.08. The fourth-order valence-corrected chi connectivity index (χ4v) is 12.9. The van der Waals surface area contributed by atoms with E-state index in [0.29, 0.717) is 56.0 Å². The lowest BCUT2D eigenvalue weighted by Gasteiger charge is -2.63. The number of anilines is 1. The van der Waals surface area contributed by atoms with E-state index in [-0.39, 0.29) is 31.3 Å². The van der Waals surface area contributed by atoms with Crippen molar-refractivity contribution in [1.29, 1.82) is 0 Å². The van der Waals surface area contributed by atoms with Crippen LogP contribution in [0.5, 0.6) is 5.75 Å². The number of aromatic amines is 1. The minimum atomic E-state index is -2.91. The van der Waals surface area contributed by atoms with Crippen molar-refractivity contribution in [3.63, 3.8) is 0 Å². The Balaban J connectivity index is 1.35. The minimum absolute atomic E-state index is 0.192. The van der Waals surface area contributed by atoms with Crippen LogP contribution >= 0.6 is 0 Å². The Labute approximate surface area is 320 Å². The third-order valence-corrected chi connectivity index (χ3v) is 15.1. The highest BCUT2D eigenvalue weighted by Gasteiger charge is 2.78. The van der Waals surface area contributed by atoms with Crippen LogP contribution in [0.3, 0.4) is 0 Å². The summed E-state index contributed by atoms with van der Waals surface area (Å²) >= 11 is 0. The Bertz CT molecular complexity index is 2130. The van der Waals surface area contributed by atoms with Gasteiger partial charge < -0.3 is 29.6 Å². The van der Waals surface area contributed by atoms with E-state index in [1.54, 1.807) is 7.11 Å². The quantitative estimate of drug-likeness (QED) is 0.238. The number of ether oxygens (including phenoxy) is 2. The smallest absolute Gasteiger partial charge is 0.322 e. The van der Waals surface area contributed by atoms with E-state index in [1.807, 2.05) is 67.4 Å². The van der Waals surface area contributed by atoms with Gasteiger partial charge >= 0.3 is 5.97 Å². The summed E-state index contributed by atoms with van der Waals surface area (Å²) in [6.45, 7) is 6.87. The van der Waals surface area contributed by atoms with Crippen LogP contribution in [0.25, 0.3) is 10.9 Å². The molecule has 1 unspecified atom stereocenters. The molecule has 2 aromatic carbocycles. The molecule has 1 aliphatic carbocycles. The van der Waals surface area contributed by atoms with Gasteiger partial charge in [-0.25, -0.2) is 8.78 Å². The van der Waals surface area contributed by atoms with Crippen molar-refractivity contribution < 1.29 is 38.1 Å². The molecule has 6 heterocycles. The number of carbonyl (C=O) groups excluding carboxylic acids is 2. The first-order chi connectivity index (χ1) is 26.1. The van der Waals surface area contributed by atoms with Gasteiger partial charge in [0.25, 0.3) is 0 Å². The predicted octanol–water partition coefficient (Wildman–Crippen LogP) is 4.92. The third-order valence-electron chi connectivity index (χ3n) is 15.1. The van der Waals surface area contributed by atoms with Crippen molar-refractivity contribution in [2.75, 3.05) is 52.3 Å². The first-order valence-electron chi connectivity index (χ1n) is 19.7. The number of halogens is 2. The Morgan fingerprint density at radius 2 is 1.87 bits per heavy atom. The number of carbonyl (C=O) groups is 2. The lowest BCUT2D eigenvalue weighted by Crippen LogP contribution is -2.80. The van der Waals surface area contributed by atoms with Gasteiger partial charge in [-0.2, -0.15) is 0 Å². The van der Waals surface area contributed by atoms with Gasteiger partial charge in [0.2, 0.25) is 5.92 Å². The minimum Gasteiger partial charge on any atom is -0.496 e. The SMILES string of the molecule is CC[C@]12C=CCN3CC[C@@]4(c5cc([C@@]6(C(=O)OC)C[C@@H]7C[C@@H](C(C)(F)F)CN(Cc8c6[nH]c6ccccc86)C7)c(OC)cc5N(C)[C@H]4[C@@](O)(C(C)=O)[C@@H]1O)[C@@H]32. The van der Waals surface area contributed by atoms with Crippen LogP contribution in [0.15, 0.2) is 48.6 Å². The highest BCUT2D eigenvalue weighted by Crippen LogP contribution is 2.67. The number of rotatable bonds is 6. The molecule has 0 radical (unpaired) electrons. The average molecular weight is 759 g/mol. The Hall–Kier alpha value is -3.84. The fourth-order valence-electron chi connectivity index (χ4n) is 12.9. The van der Waals surface area contributed by atoms with Crippen LogP contribution in [-0.4, -0.2) is 114 Å². The van der Waals surface area contributed by atoms with Gasteiger partial charge in [0.05, 0.1) is 20.3 Å². The number of methoxy groups -OCH3 is 2. The second-order valence-corrected chi connectivity index (χ2v) is 17.5. The highest BCUT2D eigenvalue weighted by atomic mass is 19.3. The number of ketones is 1. The predicted molar refractivity (Wildman–Crippen MR) is 204 cm³/mol. The summed E-state index contributed by atoms with van der Waals surface area (Å²) < 4.78 is 42.6. The maximum atomic E-state index is 15.3. The highest BCUT2D eigenvalue weighted by molar-refractivity contribution is 5.95. The van der Waals surface area contributed by atoms with Crippen LogP contribution in [0.2, 0.25) is 0 Å². The van der Waals surface area contributed by atoms with Crippen LogP contribution in [0.1, 0.15) is 68.8 Å². The summed E-state index contributed by atoms with van der Waals surface area (Å²) in [6.07, 6.45) is 4.21. The molecule has 0 amide bonds. The van der Waals surface area contributed by atoms with Crippen molar-refractivity contribution in [1.82, 2.24) is 14.8 Å². The third kappa shape index (κ3) is 4.54. The van der Waals surface area contributed by atoms with E-state index < -0.39 is 57.6 Å². The Morgan fingerprint density at radius 1 is 1.11 bits per heavy atom. The molecule has 2 bridgehead atoms. The van der Waals surface area contributed by atoms with Gasteiger partial charge in [0, 0.05) is 89.9 Å². The monoisotopic (exact) mass is 758 g/mol. The number of H-pyrrole nitrogens is 1. The number of nitrogens with zero attached hydrogens (tertiary/aromatic N) is 3. The van der Waals surface area contributed by atoms with Gasteiger partial charge in [-0.15, -0.1) is 0 Å². The number of benzene rings is 2. The number of Topliss-reactive ketones (excluding diaryl/α,β-unsaturated/α-hetero) is 1. The second-order valence-electron chi connectivity index (χ2n) is 17.5. The van der Waals surface area contributed by atoms with Crippen molar-refractivity contribution >= 4 is 28.3 Å². The van der Waals surface area contributed by atoms with Gasteiger partial charge in [0.15, 0.2) is 11.4 Å². The first-order valence-corrected chi connectivity index (χ1v) is 19.7. The number of esters is 1. The van der Waals surface area contributed by atoms with Crippen LogP contribution in [-0.2, 0) is 31.7 Å². The van der Waals surface area contributed by atoms with E-state index in [1.165, 1.54) is 14.0 Å². The van der Waals surface area contributed by atoms with Crippen LogP contribution in [0.4, 0.5) is 14.5 Å². The molecule has 3 N–H and O–H groups in total. The molecular formula is C43H52F2N4O6. The maximum Gasteiger partial charge on any atom is 0.322 e. The zero-order valence-electron chi connectivity index (χ0n) is 32.5. The summed E-state index contributed by atoms with van der Waals surface area (Å²) in [5.74, 6) is -4.71. The summed E-state index contributed by atoms with van der Waals surface area (Å²) in [5.41, 5.74) is -0.890. The first kappa shape index (κ1) is 36.8. The lowest BCUT2D eigenvalue weighted by atomic mass is 9.47. The molecule has 1 spiro atoms. The van der Waals surface area contributed by atoms with Crippen LogP contribution < -0.4 is 9.64 Å². The number of piperidine rings is 1. The zero-order valence-corrected chi connectivity index (χ0v) is 32.5. The largest absolute Gasteiger partial charge is 0.496 e. The molecule has 3 aromatic rings. The lowest BCUT2D eigenvalue weighted by molar-refractivity contribution is -0.200. The molecule has 5 aliphatic heterocycles. The molecule has 10 atom stereocenters. The number of para-hydroxylation sites is 1. The number of nitrogens with one attached hydrogen (secondary N) is 1. The van der Waals surface area contributed by atoms with Gasteiger partial charge in [-0.1, -0.05) is 37.3 Å². The normalized spacial score (nSPS) is 37.7. The summed E-state index contributed by atoms with van der Waals surface area (Å²) in [7, 11) is 4.79. The molecule has 2 saturated heterocycles. The van der Waals surface area contributed by atoms with Gasteiger partial charge in [-0.3, -0.25) is 19.4 Å². The van der Waals surface area contributed by atoms with E-state index in [9.17, 15) is 15.0 Å².